The first-order chi connectivity index (χ1) is 6.63. The van der Waals surface area contributed by atoms with Crippen LogP contribution in [0.15, 0.2) is 18.5 Å². The second-order valence-electron chi connectivity index (χ2n) is 2.45. The molecule has 0 aromatic carbocycles. The molecular formula is C8H7ClN2O3. The number of nitrogens with one attached hydrogen (secondary N) is 1. The van der Waals surface area contributed by atoms with Gasteiger partial charge >= 0.3 is 5.97 Å². The van der Waals surface area contributed by atoms with Gasteiger partial charge in [-0.1, -0.05) is 0 Å². The van der Waals surface area contributed by atoms with Crippen molar-refractivity contribution in [3.8, 4) is 0 Å². The quantitative estimate of drug-likeness (QED) is 0.735. The van der Waals surface area contributed by atoms with E-state index in [0.717, 1.165) is 0 Å². The first-order valence-electron chi connectivity index (χ1n) is 3.67. The minimum absolute atomic E-state index is 0.0115. The van der Waals surface area contributed by atoms with Crippen molar-refractivity contribution >= 4 is 29.2 Å². The third-order valence-corrected chi connectivity index (χ3v) is 1.63. The lowest BCUT2D eigenvalue weighted by Gasteiger charge is -2.02. The van der Waals surface area contributed by atoms with Gasteiger partial charge in [-0.2, -0.15) is 0 Å². The summed E-state index contributed by atoms with van der Waals surface area (Å²) in [5.74, 6) is -1.69. The summed E-state index contributed by atoms with van der Waals surface area (Å²) in [6.45, 7) is 0. The molecule has 0 fully saturated rings. The molecule has 0 saturated carbocycles. The van der Waals surface area contributed by atoms with Crippen LogP contribution in [0.25, 0.3) is 0 Å². The Hall–Kier alpha value is -1.62. The number of amides is 1. The van der Waals surface area contributed by atoms with Crippen LogP contribution in [0.1, 0.15) is 10.4 Å². The van der Waals surface area contributed by atoms with Gasteiger partial charge < -0.3 is 10.4 Å². The Bertz CT molecular complexity index is 367. The van der Waals surface area contributed by atoms with E-state index in [1.165, 1.54) is 18.5 Å². The Balaban J connectivity index is 2.83. The molecule has 0 aliphatic heterocycles. The van der Waals surface area contributed by atoms with Crippen LogP contribution in [0.3, 0.4) is 0 Å². The van der Waals surface area contributed by atoms with Crippen molar-refractivity contribution in [1.29, 1.82) is 0 Å². The number of carboxylic acid groups (broad SMARTS) is 1. The molecule has 0 aliphatic rings. The highest BCUT2D eigenvalue weighted by atomic mass is 35.5. The maximum atomic E-state index is 10.8. The fraction of sp³-hybridized carbons (Fsp3) is 0.125. The molecule has 6 heteroatoms. The molecule has 1 heterocycles. The van der Waals surface area contributed by atoms with Gasteiger partial charge in [0.2, 0.25) is 5.91 Å². The second kappa shape index (κ2) is 4.57. The van der Waals surface area contributed by atoms with E-state index in [0.29, 0.717) is 5.69 Å². The maximum absolute atomic E-state index is 10.8. The number of hydrogen-bond donors (Lipinski definition) is 2. The Morgan fingerprint density at radius 2 is 2.21 bits per heavy atom. The van der Waals surface area contributed by atoms with Crippen molar-refractivity contribution in [1.82, 2.24) is 4.98 Å². The molecule has 1 rings (SSSR count). The van der Waals surface area contributed by atoms with E-state index < -0.39 is 11.9 Å². The van der Waals surface area contributed by atoms with Crippen LogP contribution in [0, 0.1) is 0 Å². The van der Waals surface area contributed by atoms with Gasteiger partial charge in [-0.05, 0) is 6.07 Å². The summed E-state index contributed by atoms with van der Waals surface area (Å²) < 4.78 is 0. The van der Waals surface area contributed by atoms with E-state index in [1.807, 2.05) is 0 Å². The predicted octanol–water partition coefficient (Wildman–Crippen LogP) is 0.957. The number of nitrogens with zero attached hydrogens (tertiary/aromatic N) is 1. The number of aromatic carboxylic acids is 1. The third-order valence-electron chi connectivity index (χ3n) is 1.39. The summed E-state index contributed by atoms with van der Waals surface area (Å²) in [4.78, 5) is 25.0. The lowest BCUT2D eigenvalue weighted by atomic mass is 10.2. The number of carboxylic acids is 1. The molecule has 0 radical (unpaired) electrons. The molecule has 0 aliphatic carbocycles. The van der Waals surface area contributed by atoms with E-state index in [-0.39, 0.29) is 11.4 Å². The maximum Gasteiger partial charge on any atom is 0.337 e. The highest BCUT2D eigenvalue weighted by molar-refractivity contribution is 6.29. The van der Waals surface area contributed by atoms with Gasteiger partial charge in [0, 0.05) is 6.20 Å². The minimum atomic E-state index is -1.10. The third kappa shape index (κ3) is 2.70. The fourth-order valence-electron chi connectivity index (χ4n) is 0.820. The Morgan fingerprint density at radius 3 is 2.79 bits per heavy atom. The van der Waals surface area contributed by atoms with Crippen LogP contribution >= 0.6 is 11.6 Å². The molecule has 1 aromatic rings. The summed E-state index contributed by atoms with van der Waals surface area (Å²) in [5, 5.41) is 11.0. The molecule has 0 bridgehead atoms. The number of aromatic nitrogens is 1. The monoisotopic (exact) mass is 214 g/mol. The van der Waals surface area contributed by atoms with Crippen molar-refractivity contribution in [2.75, 3.05) is 11.2 Å². The average Bonchev–Trinajstić information content (AvgIpc) is 2.18. The Morgan fingerprint density at radius 1 is 1.50 bits per heavy atom. The summed E-state index contributed by atoms with van der Waals surface area (Å²) >= 11 is 5.26. The molecule has 0 spiro atoms. The summed E-state index contributed by atoms with van der Waals surface area (Å²) in [6.07, 6.45) is 2.54. The van der Waals surface area contributed by atoms with Crippen molar-refractivity contribution in [3.63, 3.8) is 0 Å². The highest BCUT2D eigenvalue weighted by Crippen LogP contribution is 2.08. The average molecular weight is 215 g/mol. The predicted molar refractivity (Wildman–Crippen MR) is 50.5 cm³/mol. The Kier molecular flexibility index (Phi) is 3.41. The first-order valence-corrected chi connectivity index (χ1v) is 4.21. The van der Waals surface area contributed by atoms with Crippen LogP contribution < -0.4 is 5.32 Å². The standard InChI is InChI=1S/C8H7ClN2O3/c9-2-7(12)11-6-1-5(8(13)14)3-10-4-6/h1,3-4H,2H2,(H,11,12)(H,13,14). The molecule has 0 unspecified atom stereocenters. The largest absolute Gasteiger partial charge is 0.478 e. The van der Waals surface area contributed by atoms with Crippen LogP contribution in [-0.4, -0.2) is 27.8 Å². The van der Waals surface area contributed by atoms with E-state index in [1.54, 1.807) is 0 Å². The molecule has 5 nitrogen and oxygen atoms in total. The van der Waals surface area contributed by atoms with Crippen LogP contribution in [0.5, 0.6) is 0 Å². The first kappa shape index (κ1) is 10.5. The van der Waals surface area contributed by atoms with Gasteiger partial charge in [0.1, 0.15) is 5.88 Å². The van der Waals surface area contributed by atoms with Gasteiger partial charge in [0.25, 0.3) is 0 Å². The van der Waals surface area contributed by atoms with Crippen molar-refractivity contribution in [2.24, 2.45) is 0 Å². The topological polar surface area (TPSA) is 79.3 Å². The van der Waals surface area contributed by atoms with E-state index in [9.17, 15) is 9.59 Å². The van der Waals surface area contributed by atoms with E-state index >= 15 is 0 Å². The normalized spacial score (nSPS) is 9.50. The molecule has 0 saturated heterocycles. The Labute approximate surface area is 84.7 Å². The second-order valence-corrected chi connectivity index (χ2v) is 2.72. The zero-order valence-corrected chi connectivity index (χ0v) is 7.78. The van der Waals surface area contributed by atoms with Gasteiger partial charge in [0.05, 0.1) is 17.4 Å². The van der Waals surface area contributed by atoms with Crippen molar-refractivity contribution in [2.45, 2.75) is 0 Å². The smallest absolute Gasteiger partial charge is 0.337 e. The fourth-order valence-corrected chi connectivity index (χ4v) is 0.886. The molecule has 1 aromatic heterocycles. The summed E-state index contributed by atoms with van der Waals surface area (Å²) in [7, 11) is 0. The number of hydrogen-bond acceptors (Lipinski definition) is 3. The number of alkyl halides is 1. The summed E-state index contributed by atoms with van der Waals surface area (Å²) in [5.41, 5.74) is 0.327. The van der Waals surface area contributed by atoms with Gasteiger partial charge in [0.15, 0.2) is 0 Å². The van der Waals surface area contributed by atoms with E-state index in [4.69, 9.17) is 16.7 Å². The molecule has 1 amide bonds. The van der Waals surface area contributed by atoms with Crippen LogP contribution in [0.2, 0.25) is 0 Å². The molecule has 14 heavy (non-hydrogen) atoms. The molecule has 2 N–H and O–H groups in total. The minimum Gasteiger partial charge on any atom is -0.478 e. The zero-order valence-electron chi connectivity index (χ0n) is 7.03. The van der Waals surface area contributed by atoms with Crippen molar-refractivity contribution in [3.05, 3.63) is 24.0 Å². The number of carbonyl (C=O) groups is 2. The number of carbonyl (C=O) groups excluding carboxylic acids is 1. The van der Waals surface area contributed by atoms with Crippen LogP contribution in [-0.2, 0) is 4.79 Å². The molecule has 74 valence electrons. The molecular weight excluding hydrogens is 208 g/mol. The van der Waals surface area contributed by atoms with E-state index in [2.05, 4.69) is 10.3 Å². The number of pyridine rings is 1. The van der Waals surface area contributed by atoms with Crippen LogP contribution in [0.4, 0.5) is 5.69 Å². The van der Waals surface area contributed by atoms with Gasteiger partial charge in [-0.15, -0.1) is 11.6 Å². The number of rotatable bonds is 3. The summed E-state index contributed by atoms with van der Waals surface area (Å²) in [6, 6.07) is 1.31. The van der Waals surface area contributed by atoms with Crippen molar-refractivity contribution < 1.29 is 14.7 Å². The van der Waals surface area contributed by atoms with Gasteiger partial charge in [-0.25, -0.2) is 4.79 Å². The lowest BCUT2D eigenvalue weighted by Crippen LogP contribution is -2.13. The number of anilines is 1. The SMILES string of the molecule is O=C(CCl)Nc1cncc(C(=O)O)c1. The lowest BCUT2D eigenvalue weighted by molar-refractivity contribution is -0.113. The van der Waals surface area contributed by atoms with Gasteiger partial charge in [-0.3, -0.25) is 9.78 Å². The zero-order chi connectivity index (χ0) is 10.6. The highest BCUT2D eigenvalue weighted by Gasteiger charge is 2.05. The molecule has 0 atom stereocenters. The number of halogens is 1.